The molecule has 1 saturated carbocycles. The molecule has 0 bridgehead atoms. The Morgan fingerprint density at radius 2 is 1.76 bits per heavy atom. The number of esters is 3. The summed E-state index contributed by atoms with van der Waals surface area (Å²) in [5.41, 5.74) is -0.658. The highest BCUT2D eigenvalue weighted by molar-refractivity contribution is 7.80. The van der Waals surface area contributed by atoms with Crippen molar-refractivity contribution in [3.63, 3.8) is 0 Å². The molecule has 1 aromatic carbocycles. The van der Waals surface area contributed by atoms with E-state index in [9.17, 15) is 37.1 Å². The van der Waals surface area contributed by atoms with E-state index in [2.05, 4.69) is 9.72 Å². The van der Waals surface area contributed by atoms with Crippen LogP contribution in [-0.2, 0) is 41.5 Å². The number of carbonyl (C=O) groups is 3. The van der Waals surface area contributed by atoms with Crippen LogP contribution in [0.25, 0.3) is 0 Å². The third-order valence-corrected chi connectivity index (χ3v) is 8.21. The predicted molar refractivity (Wildman–Crippen MR) is 176 cm³/mol. The van der Waals surface area contributed by atoms with Gasteiger partial charge in [-0.2, -0.15) is 13.5 Å². The van der Waals surface area contributed by atoms with Crippen LogP contribution in [0.2, 0.25) is 10.0 Å². The maximum atomic E-state index is 13.1. The minimum absolute atomic E-state index is 0.0388. The molecule has 0 aliphatic heterocycles. The summed E-state index contributed by atoms with van der Waals surface area (Å²) in [6.45, 7) is 0.227. The number of halogens is 4. The summed E-state index contributed by atoms with van der Waals surface area (Å²) in [5, 5.41) is 11.7. The number of pyridine rings is 2. The molecule has 2 unspecified atom stereocenters. The first-order valence-electron chi connectivity index (χ1n) is 15.2. The topological polar surface area (TPSA) is 181 Å². The third-order valence-electron chi connectivity index (χ3n) is 6.88. The number of alkyl halides is 2. The number of hydrogen-bond acceptors (Lipinski definition) is 12. The predicted octanol–water partition coefficient (Wildman–Crippen LogP) is 5.04. The molecule has 19 heteroatoms. The largest absolute Gasteiger partial charge is 0.755 e. The highest BCUT2D eigenvalue weighted by Gasteiger charge is 2.27. The highest BCUT2D eigenvalue weighted by Crippen LogP contribution is 2.38. The average Bonchev–Trinajstić information content (AvgIpc) is 3.86. The van der Waals surface area contributed by atoms with Gasteiger partial charge in [0, 0.05) is 29.4 Å². The third kappa shape index (κ3) is 12.2. The first kappa shape index (κ1) is 39.5. The second kappa shape index (κ2) is 17.3. The summed E-state index contributed by atoms with van der Waals surface area (Å²) >= 11 is 9.56. The van der Waals surface area contributed by atoms with Gasteiger partial charge in [0.2, 0.25) is 0 Å². The Hall–Kier alpha value is -4.32. The van der Waals surface area contributed by atoms with Crippen LogP contribution in [0, 0.1) is 11.1 Å². The molecule has 276 valence electrons. The number of anilines is 1. The van der Waals surface area contributed by atoms with Crippen LogP contribution in [-0.4, -0.2) is 63.6 Å². The van der Waals surface area contributed by atoms with E-state index >= 15 is 0 Å². The summed E-state index contributed by atoms with van der Waals surface area (Å²) < 4.78 is 77.2. The Labute approximate surface area is 303 Å². The van der Waals surface area contributed by atoms with Crippen LogP contribution in [0.1, 0.15) is 61.2 Å². The molecular formula is C32H32Cl2F2N3O11S-. The number of aromatic nitrogens is 2. The van der Waals surface area contributed by atoms with Gasteiger partial charge >= 0.3 is 24.5 Å². The number of nitrogens with zero attached hydrogens (tertiary/aromatic N) is 3. The van der Waals surface area contributed by atoms with Crippen LogP contribution < -0.4 is 18.5 Å². The SMILES string of the molecule is CC(C)(C)OC(=O)CN(c1cc(C(=O)OCC(=O)OC(Cc2c(Cl)c[n+]([O-])cc2Cl)c2ccc(OC(F)F)c(OCC3CC3)c2)ccn1)S(=O)[O-]. The van der Waals surface area contributed by atoms with Crippen LogP contribution >= 0.6 is 23.2 Å². The summed E-state index contributed by atoms with van der Waals surface area (Å²) in [5.74, 6) is -3.35. The number of ether oxygens (including phenoxy) is 5. The van der Waals surface area contributed by atoms with Crippen LogP contribution in [0.5, 0.6) is 11.5 Å². The molecule has 0 radical (unpaired) electrons. The second-order valence-electron chi connectivity index (χ2n) is 12.1. The van der Waals surface area contributed by atoms with Crippen molar-refractivity contribution in [1.82, 2.24) is 4.98 Å². The lowest BCUT2D eigenvalue weighted by Crippen LogP contribution is -2.36. The van der Waals surface area contributed by atoms with E-state index in [-0.39, 0.29) is 63.0 Å². The lowest BCUT2D eigenvalue weighted by Gasteiger charge is -2.27. The van der Waals surface area contributed by atoms with Gasteiger partial charge < -0.3 is 33.4 Å². The standard InChI is InChI=1S/C32H33Cl2F2N3O11S/c1-32(2,3)50-28(40)15-39(51(44)45)27-11-20(8-9-37-27)30(42)47-17-29(41)48-25(12-21-22(33)13-38(43)14-23(21)34)19-6-7-24(49-31(35)36)26(10-19)46-16-18-4-5-18/h6-11,13-14,18,25,31H,4-5,12,15-17H2,1-3H3,(H,44,45)/p-1. The smallest absolute Gasteiger partial charge is 0.387 e. The van der Waals surface area contributed by atoms with Gasteiger partial charge in [-0.15, -0.1) is 0 Å². The summed E-state index contributed by atoms with van der Waals surface area (Å²) in [6.07, 6.45) is 3.57. The number of benzene rings is 1. The molecule has 0 amide bonds. The lowest BCUT2D eigenvalue weighted by atomic mass is 10.0. The van der Waals surface area contributed by atoms with E-state index in [1.807, 2.05) is 0 Å². The van der Waals surface area contributed by atoms with E-state index in [4.69, 9.17) is 42.1 Å². The Kier molecular flexibility index (Phi) is 13.4. The van der Waals surface area contributed by atoms with Crippen molar-refractivity contribution in [2.75, 3.05) is 24.1 Å². The molecule has 1 fully saturated rings. The Morgan fingerprint density at radius 1 is 1.08 bits per heavy atom. The molecule has 2 aromatic heterocycles. The molecule has 3 aromatic rings. The molecule has 1 aliphatic rings. The Morgan fingerprint density at radius 3 is 2.37 bits per heavy atom. The van der Waals surface area contributed by atoms with Crippen molar-refractivity contribution in [3.05, 3.63) is 80.9 Å². The summed E-state index contributed by atoms with van der Waals surface area (Å²) in [6, 6.07) is 6.14. The fourth-order valence-electron chi connectivity index (χ4n) is 4.45. The van der Waals surface area contributed by atoms with E-state index in [0.29, 0.717) is 9.04 Å². The average molecular weight is 776 g/mol. The molecule has 0 spiro atoms. The minimum atomic E-state index is -3.14. The van der Waals surface area contributed by atoms with Crippen molar-refractivity contribution in [2.24, 2.45) is 5.92 Å². The Balaban J connectivity index is 1.52. The Bertz CT molecular complexity index is 1750. The normalized spacial score (nSPS) is 14.0. The molecule has 1 aliphatic carbocycles. The van der Waals surface area contributed by atoms with Crippen molar-refractivity contribution >= 4 is 58.2 Å². The molecular weight excluding hydrogens is 743 g/mol. The quantitative estimate of drug-likeness (QED) is 0.0623. The zero-order chi connectivity index (χ0) is 37.5. The van der Waals surface area contributed by atoms with Crippen LogP contribution in [0.3, 0.4) is 0 Å². The number of carbonyl (C=O) groups excluding carboxylic acids is 3. The molecule has 0 saturated heterocycles. The molecule has 2 heterocycles. The van der Waals surface area contributed by atoms with Gasteiger partial charge in [-0.3, -0.25) is 13.3 Å². The van der Waals surface area contributed by atoms with Crippen LogP contribution in [0.15, 0.2) is 48.9 Å². The summed E-state index contributed by atoms with van der Waals surface area (Å²) in [4.78, 5) is 42.1. The molecule has 0 N–H and O–H groups in total. The second-order valence-corrected chi connectivity index (χ2v) is 13.8. The molecule has 2 atom stereocenters. The zero-order valence-electron chi connectivity index (χ0n) is 27.3. The first-order chi connectivity index (χ1) is 24.0. The van der Waals surface area contributed by atoms with Gasteiger partial charge in [-0.1, -0.05) is 29.3 Å². The van der Waals surface area contributed by atoms with E-state index in [0.717, 1.165) is 37.5 Å². The molecule has 51 heavy (non-hydrogen) atoms. The van der Waals surface area contributed by atoms with Gasteiger partial charge in [0.1, 0.15) is 34.1 Å². The number of hydrogen-bond donors (Lipinski definition) is 0. The lowest BCUT2D eigenvalue weighted by molar-refractivity contribution is -0.605. The fraction of sp³-hybridized carbons (Fsp3) is 0.406. The van der Waals surface area contributed by atoms with Gasteiger partial charge in [0.15, 0.2) is 30.5 Å². The van der Waals surface area contributed by atoms with E-state index in [1.165, 1.54) is 24.3 Å². The highest BCUT2D eigenvalue weighted by atomic mass is 35.5. The summed E-state index contributed by atoms with van der Waals surface area (Å²) in [7, 11) is 0. The fourth-order valence-corrected chi connectivity index (χ4v) is 5.51. The van der Waals surface area contributed by atoms with Gasteiger partial charge in [0.05, 0.1) is 12.2 Å². The minimum Gasteiger partial charge on any atom is -0.755 e. The maximum Gasteiger partial charge on any atom is 0.387 e. The van der Waals surface area contributed by atoms with Crippen LogP contribution in [0.4, 0.5) is 14.6 Å². The first-order valence-corrected chi connectivity index (χ1v) is 17.0. The number of rotatable bonds is 16. The maximum absolute atomic E-state index is 13.1. The van der Waals surface area contributed by atoms with Crippen molar-refractivity contribution < 1.29 is 60.3 Å². The zero-order valence-corrected chi connectivity index (χ0v) is 29.7. The molecule has 4 rings (SSSR count). The van der Waals surface area contributed by atoms with Crippen molar-refractivity contribution in [3.8, 4) is 11.5 Å². The molecule has 14 nitrogen and oxygen atoms in total. The van der Waals surface area contributed by atoms with Gasteiger partial charge in [-0.25, -0.2) is 14.6 Å². The monoisotopic (exact) mass is 774 g/mol. The van der Waals surface area contributed by atoms with Crippen molar-refractivity contribution in [1.29, 1.82) is 0 Å². The van der Waals surface area contributed by atoms with Crippen molar-refractivity contribution in [2.45, 2.75) is 58.4 Å². The van der Waals surface area contributed by atoms with Gasteiger partial charge in [-0.05, 0) is 69.4 Å². The van der Waals surface area contributed by atoms with E-state index < -0.39 is 60.6 Å². The van der Waals surface area contributed by atoms with E-state index in [1.54, 1.807) is 20.8 Å². The van der Waals surface area contributed by atoms with Gasteiger partial charge in [0.25, 0.3) is 0 Å².